The minimum atomic E-state index is -0.718. The summed E-state index contributed by atoms with van der Waals surface area (Å²) in [5.74, 6) is -0.832. The zero-order valence-electron chi connectivity index (χ0n) is 19.1. The predicted molar refractivity (Wildman–Crippen MR) is 131 cm³/mol. The molecule has 8 heteroatoms. The van der Waals surface area contributed by atoms with E-state index in [9.17, 15) is 14.4 Å². The highest BCUT2D eigenvalue weighted by Gasteiger charge is 2.57. The summed E-state index contributed by atoms with van der Waals surface area (Å²) in [5.41, 5.74) is 2.50. The van der Waals surface area contributed by atoms with E-state index in [1.165, 1.54) is 0 Å². The van der Waals surface area contributed by atoms with Crippen molar-refractivity contribution in [1.82, 2.24) is 15.5 Å². The van der Waals surface area contributed by atoms with E-state index in [0.29, 0.717) is 17.1 Å². The lowest BCUT2D eigenvalue weighted by Crippen LogP contribution is -2.58. The Bertz CT molecular complexity index is 1090. The molecule has 2 N–H and O–H groups in total. The van der Waals surface area contributed by atoms with Crippen LogP contribution in [0.4, 0.5) is 0 Å². The highest BCUT2D eigenvalue weighted by Crippen LogP contribution is 2.56. The van der Waals surface area contributed by atoms with Gasteiger partial charge in [0.25, 0.3) is 5.91 Å². The van der Waals surface area contributed by atoms with Crippen molar-refractivity contribution in [2.24, 2.45) is 5.92 Å². The van der Waals surface area contributed by atoms with Crippen LogP contribution in [0.1, 0.15) is 54.6 Å². The molecule has 1 saturated heterocycles. The van der Waals surface area contributed by atoms with Gasteiger partial charge in [0.15, 0.2) is 0 Å². The van der Waals surface area contributed by atoms with Crippen LogP contribution in [0.15, 0.2) is 48.5 Å². The molecule has 2 aromatic carbocycles. The summed E-state index contributed by atoms with van der Waals surface area (Å²) in [6, 6.07) is 13.3. The molecule has 3 amide bonds. The van der Waals surface area contributed by atoms with Crippen LogP contribution in [0.2, 0.25) is 5.02 Å². The molecular formula is C25H28ClN3O3S. The van der Waals surface area contributed by atoms with Crippen molar-refractivity contribution in [2.45, 2.75) is 56.4 Å². The Morgan fingerprint density at radius 1 is 1.12 bits per heavy atom. The highest BCUT2D eigenvalue weighted by molar-refractivity contribution is 8.01. The monoisotopic (exact) mass is 485 g/mol. The van der Waals surface area contributed by atoms with Crippen LogP contribution < -0.4 is 10.6 Å². The summed E-state index contributed by atoms with van der Waals surface area (Å²) in [6.07, 6.45) is 0. The molecule has 0 bridgehead atoms. The molecule has 1 fully saturated rings. The van der Waals surface area contributed by atoms with E-state index in [0.717, 1.165) is 11.1 Å². The summed E-state index contributed by atoms with van der Waals surface area (Å²) in [4.78, 5) is 41.3. The number of hydrogen-bond donors (Lipinski definition) is 2. The second kappa shape index (κ2) is 9.03. The molecule has 0 aromatic heterocycles. The lowest BCUT2D eigenvalue weighted by molar-refractivity contribution is -0.132. The van der Waals surface area contributed by atoms with Gasteiger partial charge in [0.1, 0.15) is 17.5 Å². The van der Waals surface area contributed by atoms with Gasteiger partial charge in [0, 0.05) is 21.9 Å². The van der Waals surface area contributed by atoms with Crippen LogP contribution in [-0.2, 0) is 16.1 Å². The molecule has 2 aliphatic rings. The van der Waals surface area contributed by atoms with Gasteiger partial charge in [0.05, 0.1) is 0 Å². The number of rotatable bonds is 6. The van der Waals surface area contributed by atoms with Crippen LogP contribution >= 0.6 is 23.4 Å². The highest BCUT2D eigenvalue weighted by atomic mass is 35.5. The smallest absolute Gasteiger partial charge is 0.256 e. The Kier molecular flexibility index (Phi) is 6.47. The maximum Gasteiger partial charge on any atom is 0.256 e. The van der Waals surface area contributed by atoms with Crippen molar-refractivity contribution >= 4 is 41.1 Å². The van der Waals surface area contributed by atoms with Gasteiger partial charge in [0.2, 0.25) is 11.8 Å². The van der Waals surface area contributed by atoms with Crippen molar-refractivity contribution in [3.8, 4) is 0 Å². The third-order valence-electron chi connectivity index (χ3n) is 6.17. The van der Waals surface area contributed by atoms with Crippen molar-refractivity contribution in [2.75, 3.05) is 0 Å². The molecule has 3 atom stereocenters. The number of carbonyl (C=O) groups is 3. The second-order valence-electron chi connectivity index (χ2n) is 9.35. The normalized spacial score (nSPS) is 21.5. The minimum absolute atomic E-state index is 0.126. The number of nitrogens with zero attached hydrogens (tertiary/aromatic N) is 1. The Balaban J connectivity index is 1.49. The average molecular weight is 486 g/mol. The number of thioether (sulfide) groups is 1. The molecule has 174 valence electrons. The topological polar surface area (TPSA) is 78.5 Å². The molecule has 2 aromatic rings. The number of fused-ring (bicyclic) bond motifs is 3. The number of nitrogens with one attached hydrogen (secondary N) is 2. The fourth-order valence-electron chi connectivity index (χ4n) is 4.47. The van der Waals surface area contributed by atoms with Crippen LogP contribution in [0.5, 0.6) is 0 Å². The standard InChI is InChI=1S/C25H28ClN3O3S/c1-14(2)19(21(30)27-13-15-9-11-16(26)12-10-15)28-22(31)20-25(3,4)33-24-18-8-6-5-7-17(18)23(32)29(20)24/h5-12,14,19-20,24H,13H2,1-4H3,(H,27,30)(H,28,31)/t19-,20+,24-/m0/s1. The SMILES string of the molecule is CC(C)[C@H](NC(=O)[C@H]1N2C(=O)c3ccccc3[C@@H]2SC1(C)C)C(=O)NCc1ccc(Cl)cc1. The quantitative estimate of drug-likeness (QED) is 0.644. The Morgan fingerprint density at radius 2 is 1.79 bits per heavy atom. The summed E-state index contributed by atoms with van der Waals surface area (Å²) in [7, 11) is 0. The Labute approximate surface area is 203 Å². The fourth-order valence-corrected chi connectivity index (χ4v) is 6.19. The summed E-state index contributed by atoms with van der Waals surface area (Å²) < 4.78 is -0.501. The fraction of sp³-hybridized carbons (Fsp3) is 0.400. The van der Waals surface area contributed by atoms with E-state index in [2.05, 4.69) is 10.6 Å². The molecule has 2 heterocycles. The van der Waals surface area contributed by atoms with Crippen molar-refractivity contribution < 1.29 is 14.4 Å². The second-order valence-corrected chi connectivity index (χ2v) is 11.5. The molecule has 0 saturated carbocycles. The Hall–Kier alpha value is -2.51. The summed E-state index contributed by atoms with van der Waals surface area (Å²) in [6.45, 7) is 8.06. The van der Waals surface area contributed by atoms with Crippen LogP contribution in [0, 0.1) is 5.92 Å². The van der Waals surface area contributed by atoms with E-state index in [1.807, 2.05) is 58.0 Å². The van der Waals surface area contributed by atoms with Gasteiger partial charge in [-0.15, -0.1) is 11.8 Å². The van der Waals surface area contributed by atoms with Gasteiger partial charge in [-0.2, -0.15) is 0 Å². The molecule has 0 spiro atoms. The largest absolute Gasteiger partial charge is 0.350 e. The van der Waals surface area contributed by atoms with E-state index in [-0.39, 0.29) is 29.0 Å². The Morgan fingerprint density at radius 3 is 2.45 bits per heavy atom. The molecule has 0 radical (unpaired) electrons. The zero-order valence-corrected chi connectivity index (χ0v) is 20.7. The lowest BCUT2D eigenvalue weighted by Gasteiger charge is -2.32. The first-order chi connectivity index (χ1) is 15.6. The predicted octanol–water partition coefficient (Wildman–Crippen LogP) is 4.15. The first kappa shape index (κ1) is 23.6. The van der Waals surface area contributed by atoms with Gasteiger partial charge in [-0.3, -0.25) is 14.4 Å². The van der Waals surface area contributed by atoms with E-state index in [1.54, 1.807) is 34.9 Å². The van der Waals surface area contributed by atoms with Crippen molar-refractivity contribution in [1.29, 1.82) is 0 Å². The van der Waals surface area contributed by atoms with Crippen LogP contribution in [0.3, 0.4) is 0 Å². The molecular weight excluding hydrogens is 458 g/mol. The van der Waals surface area contributed by atoms with Gasteiger partial charge in [-0.1, -0.05) is 55.8 Å². The summed E-state index contributed by atoms with van der Waals surface area (Å²) >= 11 is 7.53. The van der Waals surface area contributed by atoms with E-state index >= 15 is 0 Å². The number of amides is 3. The van der Waals surface area contributed by atoms with Crippen molar-refractivity contribution in [3.05, 3.63) is 70.2 Å². The van der Waals surface area contributed by atoms with Crippen LogP contribution in [0.25, 0.3) is 0 Å². The molecule has 33 heavy (non-hydrogen) atoms. The third-order valence-corrected chi connectivity index (χ3v) is 7.96. The zero-order chi connectivity index (χ0) is 23.9. The number of hydrogen-bond acceptors (Lipinski definition) is 4. The maximum atomic E-state index is 13.5. The molecule has 0 aliphatic carbocycles. The first-order valence-electron chi connectivity index (χ1n) is 11.0. The maximum absolute atomic E-state index is 13.5. The number of benzene rings is 2. The van der Waals surface area contributed by atoms with Gasteiger partial charge < -0.3 is 15.5 Å². The first-order valence-corrected chi connectivity index (χ1v) is 12.3. The third kappa shape index (κ3) is 4.49. The summed E-state index contributed by atoms with van der Waals surface area (Å²) in [5, 5.41) is 6.28. The number of halogens is 1. The number of carbonyl (C=O) groups excluding carboxylic acids is 3. The molecule has 2 aliphatic heterocycles. The van der Waals surface area contributed by atoms with Crippen LogP contribution in [-0.4, -0.2) is 39.5 Å². The van der Waals surface area contributed by atoms with Gasteiger partial charge in [-0.25, -0.2) is 0 Å². The van der Waals surface area contributed by atoms with E-state index < -0.39 is 16.8 Å². The molecule has 4 rings (SSSR count). The minimum Gasteiger partial charge on any atom is -0.350 e. The average Bonchev–Trinajstić information content (AvgIpc) is 3.20. The molecule has 6 nitrogen and oxygen atoms in total. The molecule has 0 unspecified atom stereocenters. The van der Waals surface area contributed by atoms with Gasteiger partial charge in [-0.05, 0) is 49.1 Å². The van der Waals surface area contributed by atoms with Crippen molar-refractivity contribution in [3.63, 3.8) is 0 Å². The van der Waals surface area contributed by atoms with E-state index in [4.69, 9.17) is 11.6 Å². The van der Waals surface area contributed by atoms with Gasteiger partial charge >= 0.3 is 0 Å². The lowest BCUT2D eigenvalue weighted by atomic mass is 9.98.